The average Bonchev–Trinajstić information content (AvgIpc) is 3.10. The van der Waals surface area contributed by atoms with Crippen molar-refractivity contribution in [2.24, 2.45) is 0 Å². The highest BCUT2D eigenvalue weighted by atomic mass is 35.5. The van der Waals surface area contributed by atoms with Crippen molar-refractivity contribution in [2.75, 3.05) is 44.2 Å². The quantitative estimate of drug-likeness (QED) is 0.476. The van der Waals surface area contributed by atoms with Gasteiger partial charge in [0.1, 0.15) is 6.04 Å². The zero-order valence-corrected chi connectivity index (χ0v) is 19.3. The molecule has 0 saturated carbocycles. The minimum Gasteiger partial charge on any atom is -0.369 e. The van der Waals surface area contributed by atoms with Crippen LogP contribution in [0.1, 0.15) is 29.6 Å². The number of nitrogens with one attached hydrogen (secondary N) is 1. The van der Waals surface area contributed by atoms with E-state index in [4.69, 9.17) is 11.6 Å². The van der Waals surface area contributed by atoms with Crippen molar-refractivity contribution >= 4 is 35.0 Å². The Morgan fingerprint density at radius 3 is 2.39 bits per heavy atom. The highest BCUT2D eigenvalue weighted by molar-refractivity contribution is 6.30. The Labute approximate surface area is 199 Å². The molecule has 1 atom stereocenters. The second-order valence-corrected chi connectivity index (χ2v) is 8.93. The Morgan fingerprint density at radius 1 is 0.939 bits per heavy atom. The van der Waals surface area contributed by atoms with Gasteiger partial charge in [0, 0.05) is 49.0 Å². The van der Waals surface area contributed by atoms with Crippen molar-refractivity contribution in [2.45, 2.75) is 25.3 Å². The van der Waals surface area contributed by atoms with Crippen LogP contribution in [0, 0.1) is 0 Å². The largest absolute Gasteiger partial charge is 0.369 e. The van der Waals surface area contributed by atoms with Crippen molar-refractivity contribution in [1.29, 1.82) is 0 Å². The molecule has 3 amide bonds. The first-order chi connectivity index (χ1) is 16.0. The fraction of sp³-hybridized carbons (Fsp3) is 0.400. The van der Waals surface area contributed by atoms with E-state index >= 15 is 0 Å². The molecule has 7 nitrogen and oxygen atoms in total. The normalized spacial score (nSPS) is 19.2. The molecule has 0 unspecified atom stereocenters. The summed E-state index contributed by atoms with van der Waals surface area (Å²) in [6.07, 6.45) is 1.70. The fourth-order valence-electron chi connectivity index (χ4n) is 4.37. The molecule has 0 aliphatic carbocycles. The third kappa shape index (κ3) is 5.92. The summed E-state index contributed by atoms with van der Waals surface area (Å²) in [4.78, 5) is 43.3. The number of carbonyl (C=O) groups is 3. The summed E-state index contributed by atoms with van der Waals surface area (Å²) in [5.74, 6) is -0.853. The van der Waals surface area contributed by atoms with Crippen molar-refractivity contribution in [1.82, 2.24) is 15.1 Å². The van der Waals surface area contributed by atoms with Gasteiger partial charge in [-0.2, -0.15) is 0 Å². The van der Waals surface area contributed by atoms with E-state index in [1.54, 1.807) is 24.3 Å². The van der Waals surface area contributed by atoms with E-state index in [0.29, 0.717) is 12.1 Å². The Bertz CT molecular complexity index is 992. The van der Waals surface area contributed by atoms with Gasteiger partial charge in [0.25, 0.3) is 11.8 Å². The molecule has 2 fully saturated rings. The molecule has 4 rings (SSSR count). The second kappa shape index (κ2) is 10.8. The summed E-state index contributed by atoms with van der Waals surface area (Å²) in [6.45, 7) is 5.19. The van der Waals surface area contributed by atoms with Crippen LogP contribution >= 0.6 is 11.6 Å². The molecule has 0 spiro atoms. The smallest absolute Gasteiger partial charge is 0.252 e. The van der Waals surface area contributed by atoms with Gasteiger partial charge < -0.3 is 10.2 Å². The lowest BCUT2D eigenvalue weighted by atomic mass is 10.2. The number of nitrogens with zero attached hydrogens (tertiary/aromatic N) is 3. The van der Waals surface area contributed by atoms with Gasteiger partial charge in [-0.1, -0.05) is 35.9 Å². The van der Waals surface area contributed by atoms with Gasteiger partial charge >= 0.3 is 0 Å². The number of anilines is 1. The molecule has 33 heavy (non-hydrogen) atoms. The van der Waals surface area contributed by atoms with Gasteiger partial charge in [-0.3, -0.25) is 24.2 Å². The monoisotopic (exact) mass is 468 g/mol. The van der Waals surface area contributed by atoms with Gasteiger partial charge in [-0.15, -0.1) is 0 Å². The number of amides is 3. The summed E-state index contributed by atoms with van der Waals surface area (Å²) >= 11 is 6.10. The maximum atomic E-state index is 12.6. The van der Waals surface area contributed by atoms with Crippen molar-refractivity contribution in [3.8, 4) is 0 Å². The molecule has 2 aromatic carbocycles. The second-order valence-electron chi connectivity index (χ2n) is 8.50. The number of rotatable bonds is 8. The lowest BCUT2D eigenvalue weighted by Crippen LogP contribution is -2.46. The van der Waals surface area contributed by atoms with Crippen LogP contribution in [-0.4, -0.2) is 72.8 Å². The molecule has 1 N–H and O–H groups in total. The standard InChI is InChI=1S/C25H29ClN4O3/c26-20-9-6-10-21(17-20)29-15-13-28(14-16-29)11-4-5-12-30-23(31)18-22(25(30)33)27-24(32)19-7-2-1-3-8-19/h1-3,6-10,17,22H,4-5,11-16,18H2,(H,27,32)/t22-/m0/s1. The van der Waals surface area contributed by atoms with Gasteiger partial charge in [0.15, 0.2) is 0 Å². The zero-order valence-electron chi connectivity index (χ0n) is 18.6. The lowest BCUT2D eigenvalue weighted by molar-refractivity contribution is -0.138. The maximum absolute atomic E-state index is 12.6. The molecule has 174 valence electrons. The topological polar surface area (TPSA) is 73.0 Å². The van der Waals surface area contributed by atoms with E-state index in [0.717, 1.165) is 56.3 Å². The van der Waals surface area contributed by atoms with Crippen LogP contribution in [0.4, 0.5) is 5.69 Å². The molecular weight excluding hydrogens is 440 g/mol. The number of unbranched alkanes of at least 4 members (excludes halogenated alkanes) is 1. The Balaban J connectivity index is 1.17. The molecule has 2 aliphatic rings. The SMILES string of the molecule is O=C(N[C@H]1CC(=O)N(CCCCN2CCN(c3cccc(Cl)c3)CC2)C1=O)c1ccccc1. The minimum absolute atomic E-state index is 0.0306. The summed E-state index contributed by atoms with van der Waals surface area (Å²) in [5, 5.41) is 3.45. The van der Waals surface area contributed by atoms with Crippen molar-refractivity contribution in [3.05, 3.63) is 65.2 Å². The minimum atomic E-state index is -0.773. The maximum Gasteiger partial charge on any atom is 0.252 e. The summed E-state index contributed by atoms with van der Waals surface area (Å²) in [7, 11) is 0. The number of likely N-dealkylation sites (tertiary alicyclic amines) is 1. The first-order valence-corrected chi connectivity index (χ1v) is 11.8. The predicted octanol–water partition coefficient (Wildman–Crippen LogP) is 2.80. The third-order valence-electron chi connectivity index (χ3n) is 6.24. The zero-order chi connectivity index (χ0) is 23.2. The van der Waals surface area contributed by atoms with Crippen LogP contribution in [0.2, 0.25) is 5.02 Å². The van der Waals surface area contributed by atoms with E-state index in [9.17, 15) is 14.4 Å². The van der Waals surface area contributed by atoms with E-state index in [-0.39, 0.29) is 24.1 Å². The van der Waals surface area contributed by atoms with Gasteiger partial charge in [0.2, 0.25) is 5.91 Å². The van der Waals surface area contributed by atoms with E-state index < -0.39 is 6.04 Å². The van der Waals surface area contributed by atoms with Crippen molar-refractivity contribution < 1.29 is 14.4 Å². The van der Waals surface area contributed by atoms with Gasteiger partial charge in [0.05, 0.1) is 6.42 Å². The molecule has 0 radical (unpaired) electrons. The summed E-state index contributed by atoms with van der Waals surface area (Å²) in [5.41, 5.74) is 1.63. The fourth-order valence-corrected chi connectivity index (χ4v) is 4.55. The molecule has 8 heteroatoms. The number of imide groups is 1. The summed E-state index contributed by atoms with van der Waals surface area (Å²) < 4.78 is 0. The van der Waals surface area contributed by atoms with Crippen LogP contribution < -0.4 is 10.2 Å². The Kier molecular flexibility index (Phi) is 7.62. The first kappa shape index (κ1) is 23.3. The number of hydrogen-bond acceptors (Lipinski definition) is 5. The lowest BCUT2D eigenvalue weighted by Gasteiger charge is -2.36. The average molecular weight is 469 g/mol. The number of halogens is 1. The van der Waals surface area contributed by atoms with Crippen LogP contribution in [-0.2, 0) is 9.59 Å². The Hall–Kier alpha value is -2.90. The molecule has 2 saturated heterocycles. The van der Waals surface area contributed by atoms with Crippen LogP contribution in [0.15, 0.2) is 54.6 Å². The van der Waals surface area contributed by atoms with E-state index in [1.165, 1.54) is 4.90 Å². The van der Waals surface area contributed by atoms with Crippen LogP contribution in [0.3, 0.4) is 0 Å². The Morgan fingerprint density at radius 2 is 1.67 bits per heavy atom. The van der Waals surface area contributed by atoms with Gasteiger partial charge in [-0.25, -0.2) is 0 Å². The number of hydrogen-bond donors (Lipinski definition) is 1. The van der Waals surface area contributed by atoms with Crippen LogP contribution in [0.5, 0.6) is 0 Å². The molecule has 2 aromatic rings. The highest BCUT2D eigenvalue weighted by Gasteiger charge is 2.39. The van der Waals surface area contributed by atoms with E-state index in [1.807, 2.05) is 24.3 Å². The summed E-state index contributed by atoms with van der Waals surface area (Å²) in [6, 6.07) is 15.9. The van der Waals surface area contributed by atoms with E-state index in [2.05, 4.69) is 21.2 Å². The number of benzene rings is 2. The van der Waals surface area contributed by atoms with Crippen molar-refractivity contribution in [3.63, 3.8) is 0 Å². The first-order valence-electron chi connectivity index (χ1n) is 11.4. The van der Waals surface area contributed by atoms with Crippen LogP contribution in [0.25, 0.3) is 0 Å². The highest BCUT2D eigenvalue weighted by Crippen LogP contribution is 2.21. The molecular formula is C25H29ClN4O3. The number of carbonyl (C=O) groups excluding carboxylic acids is 3. The molecule has 0 bridgehead atoms. The molecule has 2 heterocycles. The van der Waals surface area contributed by atoms with Gasteiger partial charge in [-0.05, 0) is 49.7 Å². The predicted molar refractivity (Wildman–Crippen MR) is 128 cm³/mol. The molecule has 2 aliphatic heterocycles. The third-order valence-corrected chi connectivity index (χ3v) is 6.47. The number of piperazine rings is 1. The molecule has 0 aromatic heterocycles.